The zero-order chi connectivity index (χ0) is 14.2. The van der Waals surface area contributed by atoms with Gasteiger partial charge in [0.05, 0.1) is 17.0 Å². The number of H-pyrrole nitrogens is 2. The maximum atomic E-state index is 12.4. The molecule has 0 saturated carbocycles. The molecule has 8 heteroatoms. The first kappa shape index (κ1) is 11.5. The third-order valence-electron chi connectivity index (χ3n) is 3.14. The monoisotopic (exact) mass is 279 g/mol. The highest BCUT2D eigenvalue weighted by molar-refractivity contribution is 5.74. The molecule has 0 amide bonds. The van der Waals surface area contributed by atoms with Crippen molar-refractivity contribution in [2.75, 3.05) is 0 Å². The van der Waals surface area contributed by atoms with Gasteiger partial charge in [-0.25, -0.2) is 0 Å². The zero-order valence-corrected chi connectivity index (χ0v) is 10.7. The van der Waals surface area contributed by atoms with Crippen LogP contribution in [0.15, 0.2) is 47.7 Å². The Morgan fingerprint density at radius 1 is 1.10 bits per heavy atom. The van der Waals surface area contributed by atoms with E-state index in [1.165, 1.54) is 4.52 Å². The van der Waals surface area contributed by atoms with Gasteiger partial charge in [-0.3, -0.25) is 20.0 Å². The molecule has 4 rings (SSSR count). The lowest BCUT2D eigenvalue weighted by Gasteiger charge is -1.98. The first-order valence-electron chi connectivity index (χ1n) is 6.22. The summed E-state index contributed by atoms with van der Waals surface area (Å²) in [5.74, 6) is 0. The minimum Gasteiger partial charge on any atom is -0.296 e. The van der Waals surface area contributed by atoms with E-state index in [0.29, 0.717) is 11.3 Å². The Bertz CT molecular complexity index is 953. The number of rotatable bonds is 2. The van der Waals surface area contributed by atoms with Crippen molar-refractivity contribution in [1.82, 2.24) is 35.0 Å². The van der Waals surface area contributed by atoms with Crippen LogP contribution in [0, 0.1) is 0 Å². The van der Waals surface area contributed by atoms with Crippen LogP contribution in [0.5, 0.6) is 0 Å². The molecule has 4 heterocycles. The van der Waals surface area contributed by atoms with Gasteiger partial charge in [0.1, 0.15) is 0 Å². The fourth-order valence-corrected chi connectivity index (χ4v) is 2.14. The largest absolute Gasteiger partial charge is 0.301 e. The van der Waals surface area contributed by atoms with Crippen molar-refractivity contribution in [2.24, 2.45) is 0 Å². The fourth-order valence-electron chi connectivity index (χ4n) is 2.14. The molecule has 0 spiro atoms. The average molecular weight is 279 g/mol. The molecule has 0 aliphatic carbocycles. The number of nitrogens with one attached hydrogen (secondary N) is 2. The van der Waals surface area contributed by atoms with Gasteiger partial charge >= 0.3 is 5.56 Å². The summed E-state index contributed by atoms with van der Waals surface area (Å²) in [6.07, 6.45) is 4.92. The lowest BCUT2D eigenvalue weighted by Crippen LogP contribution is -2.19. The van der Waals surface area contributed by atoms with Crippen molar-refractivity contribution in [1.29, 1.82) is 0 Å². The number of nitrogens with zero attached hydrogens (tertiary/aromatic N) is 5. The summed E-state index contributed by atoms with van der Waals surface area (Å²) in [5.41, 5.74) is 2.30. The molecule has 0 radical (unpaired) electrons. The van der Waals surface area contributed by atoms with Crippen LogP contribution < -0.4 is 5.56 Å². The highest BCUT2D eigenvalue weighted by Gasteiger charge is 2.15. The third-order valence-corrected chi connectivity index (χ3v) is 3.14. The second-order valence-electron chi connectivity index (χ2n) is 4.39. The highest BCUT2D eigenvalue weighted by Crippen LogP contribution is 2.19. The topological polar surface area (TPSA) is 105 Å². The predicted octanol–water partition coefficient (Wildman–Crippen LogP) is 0.870. The number of fused-ring (bicyclic) bond motifs is 1. The van der Waals surface area contributed by atoms with Crippen molar-refractivity contribution in [3.05, 3.63) is 53.2 Å². The Morgan fingerprint density at radius 2 is 2.05 bits per heavy atom. The smallest absolute Gasteiger partial charge is 0.296 e. The number of hydrogen-bond acceptors (Lipinski definition) is 5. The molecule has 0 aliphatic rings. The summed E-state index contributed by atoms with van der Waals surface area (Å²) >= 11 is 0. The van der Waals surface area contributed by atoms with Gasteiger partial charge in [-0.15, -0.1) is 10.2 Å². The molecule has 0 atom stereocenters. The molecule has 8 nitrogen and oxygen atoms in total. The van der Waals surface area contributed by atoms with Crippen molar-refractivity contribution in [2.45, 2.75) is 0 Å². The lowest BCUT2D eigenvalue weighted by atomic mass is 10.2. The van der Waals surface area contributed by atoms with Gasteiger partial charge in [-0.05, 0) is 18.2 Å². The number of pyridine rings is 1. The molecule has 0 fully saturated rings. The van der Waals surface area contributed by atoms with Crippen LogP contribution in [0.2, 0.25) is 0 Å². The van der Waals surface area contributed by atoms with Gasteiger partial charge in [-0.1, -0.05) is 6.07 Å². The average Bonchev–Trinajstić information content (AvgIpc) is 3.18. The number of aromatic amines is 2. The summed E-state index contributed by atoms with van der Waals surface area (Å²) in [6, 6.07) is 7.21. The van der Waals surface area contributed by atoms with Gasteiger partial charge < -0.3 is 0 Å². The molecule has 0 aromatic carbocycles. The van der Waals surface area contributed by atoms with Crippen molar-refractivity contribution in [3.8, 4) is 22.6 Å². The normalized spacial score (nSPS) is 11.0. The molecule has 4 aromatic heterocycles. The minimum absolute atomic E-state index is 0.208. The summed E-state index contributed by atoms with van der Waals surface area (Å²) in [5, 5.41) is 17.5. The SMILES string of the molecule is O=c1c(-c2ccn[nH]2)nnc2c(-c3ccccn3)c[nH]n12. The number of aromatic nitrogens is 7. The highest BCUT2D eigenvalue weighted by atomic mass is 16.1. The lowest BCUT2D eigenvalue weighted by molar-refractivity contribution is 0.854. The molecule has 102 valence electrons. The van der Waals surface area contributed by atoms with E-state index in [4.69, 9.17) is 0 Å². The van der Waals surface area contributed by atoms with Crippen LogP contribution in [0.1, 0.15) is 0 Å². The maximum Gasteiger partial charge on any atom is 0.301 e. The van der Waals surface area contributed by atoms with Crippen molar-refractivity contribution in [3.63, 3.8) is 0 Å². The summed E-state index contributed by atoms with van der Waals surface area (Å²) < 4.78 is 1.34. The Hall–Kier alpha value is -3.29. The van der Waals surface area contributed by atoms with Crippen molar-refractivity contribution >= 4 is 5.65 Å². The molecule has 0 aliphatic heterocycles. The standard InChI is InChI=1S/C13H9N7O/c21-13-11(10-4-6-15-17-10)18-19-12-8(7-16-20(12)13)9-3-1-2-5-14-9/h1-7,16H,(H,15,17). The van der Waals surface area contributed by atoms with Gasteiger partial charge in [0.2, 0.25) is 0 Å². The molecular formula is C13H9N7O. The van der Waals surface area contributed by atoms with E-state index in [1.54, 1.807) is 24.7 Å². The van der Waals surface area contributed by atoms with E-state index in [-0.39, 0.29) is 11.3 Å². The number of hydrogen-bond donors (Lipinski definition) is 2. The van der Waals surface area contributed by atoms with E-state index in [2.05, 4.69) is 30.5 Å². The molecule has 0 saturated heterocycles. The van der Waals surface area contributed by atoms with E-state index in [0.717, 1.165) is 11.3 Å². The third kappa shape index (κ3) is 1.73. The summed E-state index contributed by atoms with van der Waals surface area (Å²) in [4.78, 5) is 16.7. The second-order valence-corrected chi connectivity index (χ2v) is 4.39. The quantitative estimate of drug-likeness (QED) is 0.566. The maximum absolute atomic E-state index is 12.4. The first-order valence-corrected chi connectivity index (χ1v) is 6.22. The van der Waals surface area contributed by atoms with Crippen LogP contribution >= 0.6 is 0 Å². The minimum atomic E-state index is -0.300. The van der Waals surface area contributed by atoms with E-state index >= 15 is 0 Å². The van der Waals surface area contributed by atoms with Gasteiger partial charge in [-0.2, -0.15) is 9.61 Å². The molecule has 0 bridgehead atoms. The van der Waals surface area contributed by atoms with Crippen LogP contribution in [0.3, 0.4) is 0 Å². The molecular weight excluding hydrogens is 270 g/mol. The Labute approximate surface area is 117 Å². The predicted molar refractivity (Wildman–Crippen MR) is 74.4 cm³/mol. The molecule has 0 unspecified atom stereocenters. The van der Waals surface area contributed by atoms with Gasteiger partial charge in [0, 0.05) is 18.6 Å². The van der Waals surface area contributed by atoms with Crippen LogP contribution in [-0.2, 0) is 0 Å². The van der Waals surface area contributed by atoms with E-state index < -0.39 is 0 Å². The van der Waals surface area contributed by atoms with Crippen LogP contribution in [0.25, 0.3) is 28.3 Å². The van der Waals surface area contributed by atoms with Gasteiger partial charge in [0.25, 0.3) is 0 Å². The van der Waals surface area contributed by atoms with Crippen LogP contribution in [0.4, 0.5) is 0 Å². The molecule has 2 N–H and O–H groups in total. The zero-order valence-electron chi connectivity index (χ0n) is 10.7. The van der Waals surface area contributed by atoms with Gasteiger partial charge in [0.15, 0.2) is 11.3 Å². The van der Waals surface area contributed by atoms with E-state index in [9.17, 15) is 4.79 Å². The summed E-state index contributed by atoms with van der Waals surface area (Å²) in [6.45, 7) is 0. The first-order chi connectivity index (χ1) is 10.3. The van der Waals surface area contributed by atoms with Crippen LogP contribution in [-0.4, -0.2) is 35.0 Å². The van der Waals surface area contributed by atoms with Crippen molar-refractivity contribution < 1.29 is 0 Å². The Morgan fingerprint density at radius 3 is 2.81 bits per heavy atom. The Kier molecular flexibility index (Phi) is 2.40. The molecule has 21 heavy (non-hydrogen) atoms. The Balaban J connectivity index is 1.96. The fraction of sp³-hybridized carbons (Fsp3) is 0. The van der Waals surface area contributed by atoms with E-state index in [1.807, 2.05) is 18.2 Å². The molecule has 4 aromatic rings. The second kappa shape index (κ2) is 4.37. The summed E-state index contributed by atoms with van der Waals surface area (Å²) in [7, 11) is 0.